The molecule has 0 unspecified atom stereocenters. The summed E-state index contributed by atoms with van der Waals surface area (Å²) < 4.78 is 13.9. The normalized spacial score (nSPS) is 13.8. The second-order valence-electron chi connectivity index (χ2n) is 6.81. The summed E-state index contributed by atoms with van der Waals surface area (Å²) in [7, 11) is 0. The first kappa shape index (κ1) is 22.1. The van der Waals surface area contributed by atoms with Crippen molar-refractivity contribution >= 4 is 40.9 Å². The quantitative estimate of drug-likeness (QED) is 0.758. The number of carbonyl (C=O) groups excluding carboxylic acids is 3. The van der Waals surface area contributed by atoms with E-state index >= 15 is 0 Å². The number of nitrogens with zero attached hydrogens (tertiary/aromatic N) is 2. The van der Waals surface area contributed by atoms with E-state index in [-0.39, 0.29) is 35.4 Å². The van der Waals surface area contributed by atoms with Crippen LogP contribution < -0.4 is 5.32 Å². The lowest BCUT2D eigenvalue weighted by Crippen LogP contribution is -2.51. The summed E-state index contributed by atoms with van der Waals surface area (Å²) >= 11 is 11.7. The maximum Gasteiger partial charge on any atom is 0.257 e. The topological polar surface area (TPSA) is 69.7 Å². The molecule has 158 valence electrons. The molecule has 1 N–H and O–H groups in total. The third kappa shape index (κ3) is 5.49. The van der Waals surface area contributed by atoms with Gasteiger partial charge < -0.3 is 15.1 Å². The molecule has 9 heteroatoms. The van der Waals surface area contributed by atoms with Gasteiger partial charge >= 0.3 is 0 Å². The van der Waals surface area contributed by atoms with Gasteiger partial charge in [-0.1, -0.05) is 23.2 Å². The first-order chi connectivity index (χ1) is 14.3. The first-order valence-corrected chi connectivity index (χ1v) is 10.2. The van der Waals surface area contributed by atoms with Crippen molar-refractivity contribution in [1.82, 2.24) is 15.1 Å². The monoisotopic (exact) mass is 451 g/mol. The first-order valence-electron chi connectivity index (χ1n) is 9.41. The van der Waals surface area contributed by atoms with Gasteiger partial charge in [0.2, 0.25) is 5.91 Å². The van der Waals surface area contributed by atoms with Gasteiger partial charge in [-0.25, -0.2) is 4.39 Å². The van der Waals surface area contributed by atoms with Crippen LogP contribution in [0.3, 0.4) is 0 Å². The molecule has 0 saturated carbocycles. The third-order valence-corrected chi connectivity index (χ3v) is 5.30. The predicted molar refractivity (Wildman–Crippen MR) is 112 cm³/mol. The molecule has 3 amide bonds. The Hall–Kier alpha value is -2.64. The second-order valence-corrected chi connectivity index (χ2v) is 7.68. The van der Waals surface area contributed by atoms with E-state index in [9.17, 15) is 18.8 Å². The van der Waals surface area contributed by atoms with E-state index in [1.165, 1.54) is 17.0 Å². The number of amides is 3. The van der Waals surface area contributed by atoms with Gasteiger partial charge in [0.1, 0.15) is 5.82 Å². The maximum atomic E-state index is 13.9. The average molecular weight is 452 g/mol. The van der Waals surface area contributed by atoms with E-state index in [0.717, 1.165) is 6.07 Å². The molecular formula is C21H20Cl2FN3O3. The standard InChI is InChI=1S/C21H20Cl2FN3O3/c22-15-3-1-14(2-4-15)20(29)25-8-7-19(28)26-9-11-27(12-10-26)21(30)17-13-16(23)5-6-18(17)24/h1-6,13H,7-12H2,(H,25,29). The molecule has 2 aromatic rings. The van der Waals surface area contributed by atoms with E-state index in [1.54, 1.807) is 29.2 Å². The minimum Gasteiger partial charge on any atom is -0.352 e. The van der Waals surface area contributed by atoms with Crippen LogP contribution in [-0.4, -0.2) is 60.2 Å². The molecule has 1 fully saturated rings. The van der Waals surface area contributed by atoms with Gasteiger partial charge in [-0.15, -0.1) is 0 Å². The van der Waals surface area contributed by atoms with Crippen LogP contribution in [0.25, 0.3) is 0 Å². The van der Waals surface area contributed by atoms with Gasteiger partial charge in [0.05, 0.1) is 5.56 Å². The number of carbonyl (C=O) groups is 3. The molecule has 1 aliphatic rings. The Kier molecular flexibility index (Phi) is 7.29. The molecule has 0 bridgehead atoms. The van der Waals surface area contributed by atoms with Crippen LogP contribution >= 0.6 is 23.2 Å². The Bertz CT molecular complexity index is 945. The summed E-state index contributed by atoms with van der Waals surface area (Å²) in [5, 5.41) is 3.53. The molecule has 0 spiro atoms. The molecule has 3 rings (SSSR count). The Labute approximate surface area is 183 Å². The molecule has 0 radical (unpaired) electrons. The highest BCUT2D eigenvalue weighted by atomic mass is 35.5. The predicted octanol–water partition coefficient (Wildman–Crippen LogP) is 3.24. The lowest BCUT2D eigenvalue weighted by atomic mass is 10.1. The Morgan fingerprint density at radius 2 is 1.50 bits per heavy atom. The van der Waals surface area contributed by atoms with Gasteiger partial charge in [-0.3, -0.25) is 14.4 Å². The number of hydrogen-bond donors (Lipinski definition) is 1. The molecule has 1 heterocycles. The second kappa shape index (κ2) is 9.91. The van der Waals surface area contributed by atoms with Crippen LogP contribution in [0.2, 0.25) is 10.0 Å². The van der Waals surface area contributed by atoms with Gasteiger partial charge in [0.15, 0.2) is 0 Å². The Morgan fingerprint density at radius 1 is 0.900 bits per heavy atom. The highest BCUT2D eigenvalue weighted by molar-refractivity contribution is 6.31. The largest absolute Gasteiger partial charge is 0.352 e. The van der Waals surface area contributed by atoms with E-state index in [4.69, 9.17) is 23.2 Å². The zero-order valence-electron chi connectivity index (χ0n) is 16.0. The van der Waals surface area contributed by atoms with Gasteiger partial charge in [-0.2, -0.15) is 0 Å². The maximum absolute atomic E-state index is 13.9. The Balaban J connectivity index is 1.45. The van der Waals surface area contributed by atoms with Crippen LogP contribution in [0.5, 0.6) is 0 Å². The summed E-state index contributed by atoms with van der Waals surface area (Å²) in [6.07, 6.45) is 0.149. The average Bonchev–Trinajstić information content (AvgIpc) is 2.75. The van der Waals surface area contributed by atoms with Gasteiger partial charge in [0.25, 0.3) is 11.8 Å². The van der Waals surface area contributed by atoms with Gasteiger partial charge in [-0.05, 0) is 42.5 Å². The van der Waals surface area contributed by atoms with E-state index in [2.05, 4.69) is 5.32 Å². The summed E-state index contributed by atoms with van der Waals surface area (Å²) in [5.41, 5.74) is 0.388. The van der Waals surface area contributed by atoms with Crippen molar-refractivity contribution in [2.75, 3.05) is 32.7 Å². The van der Waals surface area contributed by atoms with E-state index in [1.807, 2.05) is 0 Å². The van der Waals surface area contributed by atoms with Crippen molar-refractivity contribution in [2.45, 2.75) is 6.42 Å². The summed E-state index contributed by atoms with van der Waals surface area (Å²) in [4.78, 5) is 40.1. The lowest BCUT2D eigenvalue weighted by Gasteiger charge is -2.35. The number of halogens is 3. The number of benzene rings is 2. The summed E-state index contributed by atoms with van der Waals surface area (Å²) in [5.74, 6) is -1.47. The highest BCUT2D eigenvalue weighted by Gasteiger charge is 2.26. The van der Waals surface area contributed by atoms with Crippen molar-refractivity contribution in [3.8, 4) is 0 Å². The van der Waals surface area contributed by atoms with Crippen molar-refractivity contribution < 1.29 is 18.8 Å². The molecule has 2 aromatic carbocycles. The third-order valence-electron chi connectivity index (χ3n) is 4.81. The van der Waals surface area contributed by atoms with Crippen LogP contribution in [0.1, 0.15) is 27.1 Å². The number of hydrogen-bond acceptors (Lipinski definition) is 3. The minimum atomic E-state index is -0.626. The zero-order chi connectivity index (χ0) is 21.7. The molecule has 1 aliphatic heterocycles. The van der Waals surface area contributed by atoms with Crippen LogP contribution in [0.4, 0.5) is 4.39 Å². The fourth-order valence-electron chi connectivity index (χ4n) is 3.14. The summed E-state index contributed by atoms with van der Waals surface area (Å²) in [6.45, 7) is 1.49. The molecule has 0 atom stereocenters. The smallest absolute Gasteiger partial charge is 0.257 e. The Morgan fingerprint density at radius 3 is 2.17 bits per heavy atom. The lowest BCUT2D eigenvalue weighted by molar-refractivity contribution is -0.132. The van der Waals surface area contributed by atoms with Crippen molar-refractivity contribution in [2.24, 2.45) is 0 Å². The molecule has 0 aliphatic carbocycles. The van der Waals surface area contributed by atoms with Crippen LogP contribution in [-0.2, 0) is 4.79 Å². The molecule has 30 heavy (non-hydrogen) atoms. The van der Waals surface area contributed by atoms with Crippen LogP contribution in [0.15, 0.2) is 42.5 Å². The van der Waals surface area contributed by atoms with E-state index < -0.39 is 11.7 Å². The zero-order valence-corrected chi connectivity index (χ0v) is 17.5. The van der Waals surface area contributed by atoms with Crippen molar-refractivity contribution in [1.29, 1.82) is 0 Å². The number of piperazine rings is 1. The minimum absolute atomic E-state index is 0.0767. The van der Waals surface area contributed by atoms with Gasteiger partial charge in [0, 0.05) is 54.8 Å². The van der Waals surface area contributed by atoms with Crippen LogP contribution in [0, 0.1) is 5.82 Å². The van der Waals surface area contributed by atoms with Crippen molar-refractivity contribution in [3.63, 3.8) is 0 Å². The van der Waals surface area contributed by atoms with E-state index in [0.29, 0.717) is 36.8 Å². The molecule has 0 aromatic heterocycles. The number of nitrogens with one attached hydrogen (secondary N) is 1. The molecular weight excluding hydrogens is 432 g/mol. The van der Waals surface area contributed by atoms with Crippen molar-refractivity contribution in [3.05, 3.63) is 69.5 Å². The summed E-state index contributed by atoms with van der Waals surface area (Å²) in [6, 6.07) is 10.3. The molecule has 1 saturated heterocycles. The number of rotatable bonds is 5. The molecule has 6 nitrogen and oxygen atoms in total. The fourth-order valence-corrected chi connectivity index (χ4v) is 3.43. The SMILES string of the molecule is O=C(NCCC(=O)N1CCN(C(=O)c2cc(Cl)ccc2F)CC1)c1ccc(Cl)cc1. The fraction of sp³-hybridized carbons (Fsp3) is 0.286. The highest BCUT2D eigenvalue weighted by Crippen LogP contribution is 2.18.